The number of rotatable bonds is 2. The van der Waals surface area contributed by atoms with Crippen molar-refractivity contribution in [1.82, 2.24) is 4.98 Å². The largest absolute Gasteiger partial charge is 0.441 e. The van der Waals surface area contributed by atoms with Gasteiger partial charge in [0.05, 0.1) is 5.69 Å². The molecule has 3 heteroatoms. The Morgan fingerprint density at radius 2 is 2.40 bits per heavy atom. The standard InChI is InChI=1S/C12H14INO/c1-8-3-5-10(6-4-8)12-14-11(7-13)9(2)15-12/h3,5-6,8H,4,7H2,1-2H3. The lowest BCUT2D eigenvalue weighted by Crippen LogP contribution is -1.94. The van der Waals surface area contributed by atoms with Crippen molar-refractivity contribution in [2.75, 3.05) is 0 Å². The second kappa shape index (κ2) is 4.51. The first-order chi connectivity index (χ1) is 7.20. The average Bonchev–Trinajstić information content (AvgIpc) is 2.61. The fourth-order valence-electron chi connectivity index (χ4n) is 1.56. The van der Waals surface area contributed by atoms with Crippen molar-refractivity contribution in [2.24, 2.45) is 5.92 Å². The van der Waals surface area contributed by atoms with Gasteiger partial charge in [0.1, 0.15) is 5.76 Å². The maximum atomic E-state index is 5.64. The van der Waals surface area contributed by atoms with Crippen molar-refractivity contribution in [3.63, 3.8) is 0 Å². The number of hydrogen-bond donors (Lipinski definition) is 0. The van der Waals surface area contributed by atoms with Gasteiger partial charge in [0, 0.05) is 10.0 Å². The van der Waals surface area contributed by atoms with Crippen molar-refractivity contribution in [3.8, 4) is 0 Å². The summed E-state index contributed by atoms with van der Waals surface area (Å²) in [4.78, 5) is 4.48. The molecule has 2 nitrogen and oxygen atoms in total. The van der Waals surface area contributed by atoms with Crippen LogP contribution in [-0.4, -0.2) is 4.98 Å². The van der Waals surface area contributed by atoms with Crippen molar-refractivity contribution >= 4 is 28.2 Å². The molecular formula is C12H14INO. The molecular weight excluding hydrogens is 301 g/mol. The summed E-state index contributed by atoms with van der Waals surface area (Å²) in [6, 6.07) is 0. The molecule has 0 saturated carbocycles. The van der Waals surface area contributed by atoms with Crippen LogP contribution >= 0.6 is 22.6 Å². The molecule has 1 aliphatic carbocycles. The molecule has 1 atom stereocenters. The first-order valence-corrected chi connectivity index (χ1v) is 6.64. The molecule has 1 heterocycles. The highest BCUT2D eigenvalue weighted by molar-refractivity contribution is 14.1. The number of alkyl halides is 1. The van der Waals surface area contributed by atoms with E-state index in [4.69, 9.17) is 4.42 Å². The fourth-order valence-corrected chi connectivity index (χ4v) is 2.27. The molecule has 0 aliphatic heterocycles. The van der Waals surface area contributed by atoms with Crippen LogP contribution in [-0.2, 0) is 4.43 Å². The van der Waals surface area contributed by atoms with E-state index in [9.17, 15) is 0 Å². The van der Waals surface area contributed by atoms with Crippen molar-refractivity contribution < 1.29 is 4.42 Å². The molecule has 1 aliphatic rings. The highest BCUT2D eigenvalue weighted by atomic mass is 127. The van der Waals surface area contributed by atoms with Gasteiger partial charge in [0.25, 0.3) is 0 Å². The Hall–Kier alpha value is -0.580. The zero-order valence-corrected chi connectivity index (χ0v) is 11.1. The monoisotopic (exact) mass is 315 g/mol. The van der Waals surface area contributed by atoms with Gasteiger partial charge in [-0.05, 0) is 19.3 Å². The summed E-state index contributed by atoms with van der Waals surface area (Å²) in [7, 11) is 0. The third kappa shape index (κ3) is 2.33. The molecule has 0 aromatic carbocycles. The van der Waals surface area contributed by atoms with E-state index in [-0.39, 0.29) is 0 Å². The molecule has 0 amide bonds. The molecule has 0 N–H and O–H groups in total. The van der Waals surface area contributed by atoms with Crippen LogP contribution in [0.3, 0.4) is 0 Å². The average molecular weight is 315 g/mol. The van der Waals surface area contributed by atoms with Gasteiger partial charge in [-0.3, -0.25) is 0 Å². The van der Waals surface area contributed by atoms with Gasteiger partial charge >= 0.3 is 0 Å². The van der Waals surface area contributed by atoms with E-state index >= 15 is 0 Å². The molecule has 80 valence electrons. The number of oxazole rings is 1. The molecule has 15 heavy (non-hydrogen) atoms. The zero-order chi connectivity index (χ0) is 10.8. The molecule has 0 bridgehead atoms. The van der Waals surface area contributed by atoms with Crippen LogP contribution in [0.15, 0.2) is 22.6 Å². The Morgan fingerprint density at radius 3 is 2.93 bits per heavy atom. The number of aryl methyl sites for hydroxylation is 1. The summed E-state index contributed by atoms with van der Waals surface area (Å²) in [5, 5.41) is 0. The minimum absolute atomic E-state index is 0.633. The van der Waals surface area contributed by atoms with Gasteiger partial charge in [0.2, 0.25) is 5.89 Å². The topological polar surface area (TPSA) is 26.0 Å². The van der Waals surface area contributed by atoms with Gasteiger partial charge in [0.15, 0.2) is 0 Å². The van der Waals surface area contributed by atoms with Crippen LogP contribution in [0, 0.1) is 12.8 Å². The summed E-state index contributed by atoms with van der Waals surface area (Å²) < 4.78 is 6.55. The Morgan fingerprint density at radius 1 is 1.60 bits per heavy atom. The predicted molar refractivity (Wildman–Crippen MR) is 69.9 cm³/mol. The summed E-state index contributed by atoms with van der Waals surface area (Å²) in [5.41, 5.74) is 2.17. The van der Waals surface area contributed by atoms with E-state index in [1.165, 1.54) is 0 Å². The first kappa shape index (κ1) is 10.9. The predicted octanol–water partition coefficient (Wildman–Crippen LogP) is 3.90. The van der Waals surface area contributed by atoms with Crippen LogP contribution in [0.5, 0.6) is 0 Å². The highest BCUT2D eigenvalue weighted by Gasteiger charge is 2.13. The van der Waals surface area contributed by atoms with Crippen molar-refractivity contribution in [1.29, 1.82) is 0 Å². The minimum Gasteiger partial charge on any atom is -0.441 e. The third-order valence-electron chi connectivity index (χ3n) is 2.58. The number of halogens is 1. The maximum absolute atomic E-state index is 5.64. The Kier molecular flexibility index (Phi) is 3.29. The van der Waals surface area contributed by atoms with Crippen LogP contribution in [0.25, 0.3) is 5.57 Å². The second-order valence-corrected chi connectivity index (χ2v) is 4.65. The quantitative estimate of drug-likeness (QED) is 0.611. The van der Waals surface area contributed by atoms with E-state index in [1.807, 2.05) is 6.92 Å². The number of nitrogens with zero attached hydrogens (tertiary/aromatic N) is 1. The lowest BCUT2D eigenvalue weighted by atomic mass is 9.99. The number of hydrogen-bond acceptors (Lipinski definition) is 2. The summed E-state index contributed by atoms with van der Waals surface area (Å²) in [6.07, 6.45) is 7.59. The van der Waals surface area contributed by atoms with Crippen LogP contribution in [0.1, 0.15) is 30.7 Å². The maximum Gasteiger partial charge on any atom is 0.226 e. The molecule has 0 radical (unpaired) electrons. The van der Waals surface area contributed by atoms with Crippen LogP contribution < -0.4 is 0 Å². The molecule has 0 fully saturated rings. The van der Waals surface area contributed by atoms with Gasteiger partial charge in [-0.25, -0.2) is 4.98 Å². The van der Waals surface area contributed by atoms with Crippen LogP contribution in [0.2, 0.25) is 0 Å². The van der Waals surface area contributed by atoms with E-state index in [2.05, 4.69) is 52.7 Å². The minimum atomic E-state index is 0.633. The Balaban J connectivity index is 2.27. The van der Waals surface area contributed by atoms with Gasteiger partial charge < -0.3 is 4.42 Å². The van der Waals surface area contributed by atoms with Gasteiger partial charge in [-0.1, -0.05) is 47.7 Å². The second-order valence-electron chi connectivity index (χ2n) is 3.89. The lowest BCUT2D eigenvalue weighted by Gasteiger charge is -2.08. The third-order valence-corrected chi connectivity index (χ3v) is 3.30. The van der Waals surface area contributed by atoms with Gasteiger partial charge in [-0.2, -0.15) is 0 Å². The first-order valence-electron chi connectivity index (χ1n) is 5.11. The molecule has 1 aromatic heterocycles. The van der Waals surface area contributed by atoms with Crippen molar-refractivity contribution in [3.05, 3.63) is 35.6 Å². The van der Waals surface area contributed by atoms with Crippen molar-refractivity contribution in [2.45, 2.75) is 24.7 Å². The number of allylic oxidation sites excluding steroid dienone is 4. The van der Waals surface area contributed by atoms with E-state index < -0.39 is 0 Å². The van der Waals surface area contributed by atoms with E-state index in [1.54, 1.807) is 0 Å². The molecule has 1 unspecified atom stereocenters. The smallest absolute Gasteiger partial charge is 0.226 e. The summed E-state index contributed by atoms with van der Waals surface area (Å²) in [5.74, 6) is 2.34. The summed E-state index contributed by atoms with van der Waals surface area (Å²) >= 11 is 2.31. The number of aromatic nitrogens is 1. The van der Waals surface area contributed by atoms with E-state index in [0.29, 0.717) is 5.92 Å². The molecule has 0 saturated heterocycles. The normalized spacial score (nSPS) is 20.5. The van der Waals surface area contributed by atoms with E-state index in [0.717, 1.165) is 33.8 Å². The lowest BCUT2D eigenvalue weighted by molar-refractivity contribution is 0.512. The fraction of sp³-hybridized carbons (Fsp3) is 0.417. The molecule has 0 spiro atoms. The highest BCUT2D eigenvalue weighted by Crippen LogP contribution is 2.25. The summed E-state index contributed by atoms with van der Waals surface area (Å²) in [6.45, 7) is 4.18. The van der Waals surface area contributed by atoms with Crippen LogP contribution in [0.4, 0.5) is 0 Å². The Labute approximate surface area is 104 Å². The zero-order valence-electron chi connectivity index (χ0n) is 8.96. The van der Waals surface area contributed by atoms with Gasteiger partial charge in [-0.15, -0.1) is 0 Å². The molecule has 1 aromatic rings. The molecule has 2 rings (SSSR count). The Bertz CT molecular complexity index is 417. The SMILES string of the molecule is Cc1oc(C2=CCC(C)C=C2)nc1CI.